The van der Waals surface area contributed by atoms with Gasteiger partial charge in [0.15, 0.2) is 11.6 Å². The minimum absolute atomic E-state index is 0.173. The Kier molecular flexibility index (Phi) is 6.43. The third kappa shape index (κ3) is 4.76. The summed E-state index contributed by atoms with van der Waals surface area (Å²) < 4.78 is 5.40. The summed E-state index contributed by atoms with van der Waals surface area (Å²) in [5.74, 6) is 1.35. The van der Waals surface area contributed by atoms with Crippen LogP contribution in [-0.2, 0) is 0 Å². The smallest absolute Gasteiger partial charge is 0.326 e. The van der Waals surface area contributed by atoms with Crippen molar-refractivity contribution in [2.45, 2.75) is 12.5 Å². The van der Waals surface area contributed by atoms with Crippen molar-refractivity contribution < 1.29 is 9.53 Å². The molecule has 0 radical (unpaired) electrons. The van der Waals surface area contributed by atoms with Crippen LogP contribution in [0.2, 0.25) is 10.0 Å². The monoisotopic (exact) mass is 424 g/mol. The number of rotatable bonds is 5. The quantitative estimate of drug-likeness (QED) is 0.762. The number of nitrogens with one attached hydrogen (secondary N) is 2. The molecule has 2 heterocycles. The number of carbonyl (C=O) groups excluding carboxylic acids is 1. The number of amides is 2. The van der Waals surface area contributed by atoms with Crippen LogP contribution in [-0.4, -0.2) is 61.2 Å². The molecule has 2 N–H and O–H groups in total. The predicted molar refractivity (Wildman–Crippen MR) is 112 cm³/mol. The number of carbonyl (C=O) groups is 1. The van der Waals surface area contributed by atoms with Gasteiger partial charge in [0.25, 0.3) is 0 Å². The normalized spacial score (nSPS) is 16.7. The molecule has 1 saturated heterocycles. The van der Waals surface area contributed by atoms with Gasteiger partial charge < -0.3 is 19.9 Å². The van der Waals surface area contributed by atoms with Crippen molar-refractivity contribution in [3.63, 3.8) is 0 Å². The number of aromatic nitrogens is 2. The molecule has 0 saturated carbocycles. The van der Waals surface area contributed by atoms with Gasteiger partial charge >= 0.3 is 6.03 Å². The summed E-state index contributed by atoms with van der Waals surface area (Å²) in [7, 11) is 5.63. The first-order chi connectivity index (χ1) is 13.4. The van der Waals surface area contributed by atoms with Crippen LogP contribution in [0.15, 0.2) is 24.4 Å². The molecule has 1 unspecified atom stereocenters. The van der Waals surface area contributed by atoms with Crippen LogP contribution in [0.3, 0.4) is 0 Å². The van der Waals surface area contributed by atoms with Crippen LogP contribution in [0, 0.1) is 0 Å². The number of likely N-dealkylation sites (N-methyl/N-ethyl adjacent to an activating group) is 2. The molecule has 1 aromatic carbocycles. The van der Waals surface area contributed by atoms with Gasteiger partial charge in [0.2, 0.25) is 5.95 Å². The van der Waals surface area contributed by atoms with Crippen LogP contribution in [0.4, 0.5) is 22.2 Å². The molecule has 0 spiro atoms. The van der Waals surface area contributed by atoms with E-state index in [0.717, 1.165) is 19.5 Å². The number of hydrogen-bond donors (Lipinski definition) is 2. The Bertz CT molecular complexity index is 866. The van der Waals surface area contributed by atoms with Gasteiger partial charge in [-0.15, -0.1) is 0 Å². The fourth-order valence-corrected chi connectivity index (χ4v) is 3.36. The van der Waals surface area contributed by atoms with Gasteiger partial charge in [-0.1, -0.05) is 23.2 Å². The summed E-state index contributed by atoms with van der Waals surface area (Å²) in [5, 5.41) is 6.07. The molecule has 3 rings (SSSR count). The van der Waals surface area contributed by atoms with Crippen LogP contribution in [0.25, 0.3) is 0 Å². The lowest BCUT2D eigenvalue weighted by molar-refractivity contribution is 0.262. The zero-order valence-electron chi connectivity index (χ0n) is 15.9. The van der Waals surface area contributed by atoms with E-state index in [9.17, 15) is 4.79 Å². The lowest BCUT2D eigenvalue weighted by Gasteiger charge is -2.27. The highest BCUT2D eigenvalue weighted by atomic mass is 35.5. The highest BCUT2D eigenvalue weighted by Gasteiger charge is 2.26. The van der Waals surface area contributed by atoms with Gasteiger partial charge in [0, 0.05) is 25.3 Å². The molecule has 1 atom stereocenters. The SMILES string of the molecule is COc1cnc(NC(=O)Nc2ccc(Cl)c(Cl)c2)nc1N(C)C1CCN(C)C1. The van der Waals surface area contributed by atoms with Gasteiger partial charge in [-0.05, 0) is 38.2 Å². The zero-order valence-corrected chi connectivity index (χ0v) is 17.4. The standard InChI is InChI=1S/C18H22Cl2N6O2/c1-25-7-6-12(10-25)26(2)16-15(28-3)9-21-17(23-16)24-18(27)22-11-4-5-13(19)14(20)8-11/h4-5,8-9,12H,6-7,10H2,1-3H3,(H2,21,22,23,24,27). The van der Waals surface area contributed by atoms with E-state index in [2.05, 4.69) is 37.4 Å². The molecule has 0 aliphatic carbocycles. The van der Waals surface area contributed by atoms with Gasteiger partial charge in [0.1, 0.15) is 0 Å². The Morgan fingerprint density at radius 3 is 2.75 bits per heavy atom. The molecule has 2 amide bonds. The second kappa shape index (κ2) is 8.81. The predicted octanol–water partition coefficient (Wildman–Crippen LogP) is 3.58. The van der Waals surface area contributed by atoms with Crippen molar-refractivity contribution in [1.82, 2.24) is 14.9 Å². The number of methoxy groups -OCH3 is 1. The summed E-state index contributed by atoms with van der Waals surface area (Å²) in [5.41, 5.74) is 0.506. The third-order valence-electron chi connectivity index (χ3n) is 4.61. The molecule has 10 heteroatoms. The summed E-state index contributed by atoms with van der Waals surface area (Å²) >= 11 is 11.9. The van der Waals surface area contributed by atoms with Crippen molar-refractivity contribution in [3.8, 4) is 5.75 Å². The Labute approximate surface area is 173 Å². The van der Waals surface area contributed by atoms with Crippen molar-refractivity contribution in [1.29, 1.82) is 0 Å². The molecule has 1 aromatic heterocycles. The van der Waals surface area contributed by atoms with Gasteiger partial charge in [0.05, 0.1) is 23.4 Å². The van der Waals surface area contributed by atoms with Crippen molar-refractivity contribution >= 4 is 46.7 Å². The van der Waals surface area contributed by atoms with E-state index in [-0.39, 0.29) is 5.95 Å². The first-order valence-corrected chi connectivity index (χ1v) is 9.48. The Morgan fingerprint density at radius 1 is 1.32 bits per heavy atom. The number of hydrogen-bond acceptors (Lipinski definition) is 6. The van der Waals surface area contributed by atoms with Crippen molar-refractivity contribution in [2.75, 3.05) is 49.8 Å². The number of nitrogens with zero attached hydrogens (tertiary/aromatic N) is 4. The largest absolute Gasteiger partial charge is 0.491 e. The maximum absolute atomic E-state index is 12.3. The minimum Gasteiger partial charge on any atom is -0.491 e. The number of benzene rings is 1. The van der Waals surface area contributed by atoms with Gasteiger partial charge in [-0.3, -0.25) is 5.32 Å². The Hall–Kier alpha value is -2.29. The molecule has 8 nitrogen and oxygen atoms in total. The Balaban J connectivity index is 1.73. The molecular weight excluding hydrogens is 403 g/mol. The lowest BCUT2D eigenvalue weighted by atomic mass is 10.2. The summed E-state index contributed by atoms with van der Waals surface area (Å²) in [4.78, 5) is 25.2. The van der Waals surface area contributed by atoms with Crippen molar-refractivity contribution in [3.05, 3.63) is 34.4 Å². The number of ether oxygens (including phenoxy) is 1. The van der Waals surface area contributed by atoms with E-state index in [1.54, 1.807) is 31.5 Å². The molecule has 0 bridgehead atoms. The first-order valence-electron chi connectivity index (χ1n) is 8.73. The van der Waals surface area contributed by atoms with E-state index in [1.807, 2.05) is 7.05 Å². The first kappa shape index (κ1) is 20.4. The summed E-state index contributed by atoms with van der Waals surface area (Å²) in [6.45, 7) is 1.96. The fraction of sp³-hybridized carbons (Fsp3) is 0.389. The average Bonchev–Trinajstić information content (AvgIpc) is 3.10. The van der Waals surface area contributed by atoms with E-state index in [1.165, 1.54) is 0 Å². The number of anilines is 3. The molecular formula is C18H22Cl2N6O2. The lowest BCUT2D eigenvalue weighted by Crippen LogP contribution is -2.35. The summed E-state index contributed by atoms with van der Waals surface area (Å²) in [6.07, 6.45) is 2.58. The zero-order chi connectivity index (χ0) is 20.3. The molecule has 150 valence electrons. The van der Waals surface area contributed by atoms with E-state index in [4.69, 9.17) is 27.9 Å². The summed E-state index contributed by atoms with van der Waals surface area (Å²) in [6, 6.07) is 4.64. The van der Waals surface area contributed by atoms with Crippen molar-refractivity contribution in [2.24, 2.45) is 0 Å². The van der Waals surface area contributed by atoms with E-state index < -0.39 is 6.03 Å². The van der Waals surface area contributed by atoms with Crippen LogP contribution in [0.1, 0.15) is 6.42 Å². The molecule has 1 fully saturated rings. The average molecular weight is 425 g/mol. The van der Waals surface area contributed by atoms with Crippen LogP contribution >= 0.6 is 23.2 Å². The minimum atomic E-state index is -0.488. The van der Waals surface area contributed by atoms with E-state index >= 15 is 0 Å². The fourth-order valence-electron chi connectivity index (χ4n) is 3.06. The topological polar surface area (TPSA) is 82.6 Å². The highest BCUT2D eigenvalue weighted by molar-refractivity contribution is 6.42. The van der Waals surface area contributed by atoms with Gasteiger partial charge in [-0.25, -0.2) is 9.78 Å². The van der Waals surface area contributed by atoms with E-state index in [0.29, 0.717) is 33.3 Å². The highest BCUT2D eigenvalue weighted by Crippen LogP contribution is 2.29. The second-order valence-electron chi connectivity index (χ2n) is 6.61. The molecule has 1 aliphatic rings. The second-order valence-corrected chi connectivity index (χ2v) is 7.42. The maximum atomic E-state index is 12.3. The molecule has 2 aromatic rings. The van der Waals surface area contributed by atoms with Crippen LogP contribution < -0.4 is 20.3 Å². The number of halogens is 2. The van der Waals surface area contributed by atoms with Gasteiger partial charge in [-0.2, -0.15) is 4.98 Å². The van der Waals surface area contributed by atoms with Crippen LogP contribution in [0.5, 0.6) is 5.75 Å². The number of urea groups is 1. The molecule has 1 aliphatic heterocycles. The Morgan fingerprint density at radius 2 is 2.11 bits per heavy atom. The number of likely N-dealkylation sites (tertiary alicyclic amines) is 1. The maximum Gasteiger partial charge on any atom is 0.326 e. The molecule has 28 heavy (non-hydrogen) atoms. The third-order valence-corrected chi connectivity index (χ3v) is 5.35.